The summed E-state index contributed by atoms with van der Waals surface area (Å²) in [5, 5.41) is 7.15. The first-order valence-corrected chi connectivity index (χ1v) is 10.3. The summed E-state index contributed by atoms with van der Waals surface area (Å²) in [6.07, 6.45) is 5.86. The van der Waals surface area contributed by atoms with E-state index in [-0.39, 0.29) is 11.6 Å². The molecule has 27 heavy (non-hydrogen) atoms. The van der Waals surface area contributed by atoms with E-state index < -0.39 is 0 Å². The molecule has 1 aliphatic carbocycles. The third kappa shape index (κ3) is 3.33. The van der Waals surface area contributed by atoms with Crippen LogP contribution >= 0.6 is 11.6 Å². The number of ether oxygens (including phenoxy) is 1. The molecule has 1 heterocycles. The molecular formula is C24H24ClNO. The van der Waals surface area contributed by atoms with Gasteiger partial charge in [0.25, 0.3) is 0 Å². The van der Waals surface area contributed by atoms with E-state index in [1.165, 1.54) is 34.7 Å². The molecule has 1 fully saturated rings. The Morgan fingerprint density at radius 1 is 0.963 bits per heavy atom. The zero-order chi connectivity index (χ0) is 18.3. The van der Waals surface area contributed by atoms with Crippen molar-refractivity contribution in [3.63, 3.8) is 0 Å². The van der Waals surface area contributed by atoms with Crippen molar-refractivity contribution in [2.75, 3.05) is 0 Å². The van der Waals surface area contributed by atoms with E-state index in [0.717, 1.165) is 36.6 Å². The van der Waals surface area contributed by atoms with Crippen LogP contribution in [-0.2, 0) is 6.54 Å². The van der Waals surface area contributed by atoms with E-state index in [9.17, 15) is 0 Å². The Balaban J connectivity index is 1.41. The quantitative estimate of drug-likeness (QED) is 0.568. The van der Waals surface area contributed by atoms with Gasteiger partial charge in [0, 0.05) is 29.6 Å². The van der Waals surface area contributed by atoms with Crippen LogP contribution in [0.3, 0.4) is 0 Å². The van der Waals surface area contributed by atoms with E-state index in [2.05, 4.69) is 53.8 Å². The highest BCUT2D eigenvalue weighted by Crippen LogP contribution is 2.47. The average molecular weight is 378 g/mol. The van der Waals surface area contributed by atoms with Gasteiger partial charge in [-0.2, -0.15) is 0 Å². The Morgan fingerprint density at radius 3 is 2.63 bits per heavy atom. The number of hydrogen-bond acceptors (Lipinski definition) is 2. The molecule has 1 unspecified atom stereocenters. The van der Waals surface area contributed by atoms with Crippen molar-refractivity contribution in [1.82, 2.24) is 5.32 Å². The van der Waals surface area contributed by atoms with Crippen LogP contribution in [0.4, 0.5) is 0 Å². The van der Waals surface area contributed by atoms with Crippen LogP contribution in [0.2, 0.25) is 5.02 Å². The van der Waals surface area contributed by atoms with Crippen molar-refractivity contribution in [2.24, 2.45) is 0 Å². The number of fused-ring (bicyclic) bond motifs is 2. The highest BCUT2D eigenvalue weighted by Gasteiger charge is 2.42. The number of rotatable bonds is 3. The Labute approximate surface area is 165 Å². The molecular weight excluding hydrogens is 354 g/mol. The monoisotopic (exact) mass is 377 g/mol. The van der Waals surface area contributed by atoms with Gasteiger partial charge in [-0.25, -0.2) is 0 Å². The molecule has 2 aliphatic rings. The molecule has 3 heteroatoms. The minimum atomic E-state index is 0.00187. The van der Waals surface area contributed by atoms with Crippen molar-refractivity contribution < 1.29 is 4.74 Å². The molecule has 1 saturated carbocycles. The summed E-state index contributed by atoms with van der Waals surface area (Å²) in [4.78, 5) is 0. The topological polar surface area (TPSA) is 21.3 Å². The van der Waals surface area contributed by atoms with Crippen LogP contribution in [0.25, 0.3) is 10.8 Å². The van der Waals surface area contributed by atoms with Crippen molar-refractivity contribution in [2.45, 2.75) is 50.3 Å². The fourth-order valence-corrected chi connectivity index (χ4v) is 4.92. The number of hydrogen-bond donors (Lipinski definition) is 1. The predicted molar refractivity (Wildman–Crippen MR) is 111 cm³/mol. The largest absolute Gasteiger partial charge is 0.487 e. The molecule has 0 saturated heterocycles. The molecule has 5 rings (SSSR count). The first kappa shape index (κ1) is 17.1. The summed E-state index contributed by atoms with van der Waals surface area (Å²) in [7, 11) is 0. The fraction of sp³-hybridized carbons (Fsp3) is 0.333. The van der Waals surface area contributed by atoms with Crippen LogP contribution in [0, 0.1) is 0 Å². The summed E-state index contributed by atoms with van der Waals surface area (Å²) in [6.45, 7) is 0.845. The van der Waals surface area contributed by atoms with Gasteiger partial charge in [0.05, 0.1) is 0 Å². The van der Waals surface area contributed by atoms with Gasteiger partial charge in [0.2, 0.25) is 0 Å². The summed E-state index contributed by atoms with van der Waals surface area (Å²) >= 11 is 6.29. The van der Waals surface area contributed by atoms with Crippen molar-refractivity contribution in [3.05, 3.63) is 76.8 Å². The molecule has 3 aromatic rings. The second-order valence-electron chi connectivity index (χ2n) is 7.99. The molecule has 1 aliphatic heterocycles. The first-order chi connectivity index (χ1) is 13.2. The zero-order valence-electron chi connectivity index (χ0n) is 15.4. The minimum Gasteiger partial charge on any atom is -0.487 e. The fourth-order valence-electron chi connectivity index (χ4n) is 4.74. The Bertz CT molecular complexity index is 977. The molecule has 1 N–H and O–H groups in total. The summed E-state index contributed by atoms with van der Waals surface area (Å²) in [6, 6.07) is 21.6. The van der Waals surface area contributed by atoms with Crippen LogP contribution in [0.15, 0.2) is 60.7 Å². The van der Waals surface area contributed by atoms with Gasteiger partial charge in [-0.1, -0.05) is 48.0 Å². The van der Waals surface area contributed by atoms with Gasteiger partial charge in [0.15, 0.2) is 0 Å². The summed E-state index contributed by atoms with van der Waals surface area (Å²) < 4.78 is 6.48. The maximum absolute atomic E-state index is 6.48. The Morgan fingerprint density at radius 2 is 1.78 bits per heavy atom. The summed E-state index contributed by atoms with van der Waals surface area (Å²) in [5.74, 6) is 1.00. The molecule has 0 radical (unpaired) electrons. The second-order valence-corrected chi connectivity index (χ2v) is 8.43. The SMILES string of the molecule is Clc1ccc2c(c1)C(NCc1ccc3ccccc3c1)CC1(CCCC1)O2. The van der Waals surface area contributed by atoms with E-state index in [1.807, 2.05) is 12.1 Å². The highest BCUT2D eigenvalue weighted by atomic mass is 35.5. The van der Waals surface area contributed by atoms with E-state index in [0.29, 0.717) is 0 Å². The number of benzene rings is 3. The number of nitrogens with one attached hydrogen (secondary N) is 1. The van der Waals surface area contributed by atoms with Crippen molar-refractivity contribution in [1.29, 1.82) is 0 Å². The molecule has 0 aromatic heterocycles. The normalized spacial score (nSPS) is 20.6. The smallest absolute Gasteiger partial charge is 0.125 e. The zero-order valence-corrected chi connectivity index (χ0v) is 16.1. The lowest BCUT2D eigenvalue weighted by Crippen LogP contribution is -2.42. The predicted octanol–water partition coefficient (Wildman–Crippen LogP) is 6.42. The molecule has 0 bridgehead atoms. The lowest BCUT2D eigenvalue weighted by molar-refractivity contribution is 0.0364. The van der Waals surface area contributed by atoms with E-state index in [1.54, 1.807) is 0 Å². The molecule has 1 atom stereocenters. The molecule has 0 amide bonds. The van der Waals surface area contributed by atoms with Crippen molar-refractivity contribution in [3.8, 4) is 5.75 Å². The van der Waals surface area contributed by atoms with Gasteiger partial charge in [-0.05, 0) is 66.3 Å². The Hall–Kier alpha value is -2.03. The standard InChI is InChI=1S/C24H24ClNO/c25-20-9-10-23-21(14-20)22(15-24(27-23)11-3-4-12-24)26-16-17-7-8-18-5-1-2-6-19(18)13-17/h1-2,5-10,13-14,22,26H,3-4,11-12,15-16H2. The molecule has 138 valence electrons. The van der Waals surface area contributed by atoms with Gasteiger partial charge in [-0.15, -0.1) is 0 Å². The Kier molecular flexibility index (Phi) is 4.34. The maximum atomic E-state index is 6.48. The summed E-state index contributed by atoms with van der Waals surface area (Å²) in [5.41, 5.74) is 2.51. The molecule has 3 aromatic carbocycles. The van der Waals surface area contributed by atoms with Gasteiger partial charge >= 0.3 is 0 Å². The average Bonchev–Trinajstić information content (AvgIpc) is 3.14. The van der Waals surface area contributed by atoms with Crippen molar-refractivity contribution >= 4 is 22.4 Å². The molecule has 1 spiro atoms. The van der Waals surface area contributed by atoms with E-state index >= 15 is 0 Å². The lowest BCUT2D eigenvalue weighted by Gasteiger charge is -2.40. The maximum Gasteiger partial charge on any atom is 0.125 e. The number of halogens is 1. The van der Waals surface area contributed by atoms with Gasteiger partial charge < -0.3 is 10.1 Å². The van der Waals surface area contributed by atoms with Crippen LogP contribution in [0.1, 0.15) is 49.3 Å². The van der Waals surface area contributed by atoms with Gasteiger partial charge in [-0.3, -0.25) is 0 Å². The van der Waals surface area contributed by atoms with Crippen LogP contribution in [0.5, 0.6) is 5.75 Å². The highest BCUT2D eigenvalue weighted by molar-refractivity contribution is 6.30. The van der Waals surface area contributed by atoms with Gasteiger partial charge in [0.1, 0.15) is 11.4 Å². The second kappa shape index (κ2) is 6.85. The minimum absolute atomic E-state index is 0.00187. The molecule has 2 nitrogen and oxygen atoms in total. The first-order valence-electron chi connectivity index (χ1n) is 9.90. The van der Waals surface area contributed by atoms with Crippen LogP contribution < -0.4 is 10.1 Å². The van der Waals surface area contributed by atoms with Crippen LogP contribution in [-0.4, -0.2) is 5.60 Å². The van der Waals surface area contributed by atoms with E-state index in [4.69, 9.17) is 16.3 Å². The third-order valence-electron chi connectivity index (χ3n) is 6.13. The third-order valence-corrected chi connectivity index (χ3v) is 6.37. The lowest BCUT2D eigenvalue weighted by atomic mass is 9.86.